The third-order valence-corrected chi connectivity index (χ3v) is 5.27. The second-order valence-corrected chi connectivity index (χ2v) is 8.04. The van der Waals surface area contributed by atoms with E-state index in [1.165, 1.54) is 0 Å². The average Bonchev–Trinajstić information content (AvgIpc) is 3.06. The van der Waals surface area contributed by atoms with Crippen LogP contribution < -0.4 is 0 Å². The SMILES string of the molecule is CC(C)CC(=O)N1CC(c2nc(CCN(C)C(=O)C3CCOCC3)no2)C1. The molecule has 0 unspecified atom stereocenters. The molecule has 1 aromatic heterocycles. The van der Waals surface area contributed by atoms with Gasteiger partial charge in [0.2, 0.25) is 17.7 Å². The molecular formula is C19H30N4O4. The van der Waals surface area contributed by atoms with Crippen molar-refractivity contribution < 1.29 is 18.8 Å². The third kappa shape index (κ3) is 5.06. The van der Waals surface area contributed by atoms with Crippen LogP contribution in [0.4, 0.5) is 0 Å². The van der Waals surface area contributed by atoms with Gasteiger partial charge in [-0.2, -0.15) is 4.98 Å². The van der Waals surface area contributed by atoms with Gasteiger partial charge in [0.25, 0.3) is 0 Å². The van der Waals surface area contributed by atoms with Crippen molar-refractivity contribution >= 4 is 11.8 Å². The Morgan fingerprint density at radius 2 is 1.96 bits per heavy atom. The van der Waals surface area contributed by atoms with Gasteiger partial charge in [0.1, 0.15) is 0 Å². The van der Waals surface area contributed by atoms with E-state index >= 15 is 0 Å². The number of hydrogen-bond acceptors (Lipinski definition) is 6. The maximum absolute atomic E-state index is 12.4. The lowest BCUT2D eigenvalue weighted by atomic mass is 9.98. The Hall–Kier alpha value is -1.96. The quantitative estimate of drug-likeness (QED) is 0.714. The van der Waals surface area contributed by atoms with Crippen molar-refractivity contribution in [1.82, 2.24) is 19.9 Å². The molecule has 0 radical (unpaired) electrons. The van der Waals surface area contributed by atoms with E-state index in [4.69, 9.17) is 9.26 Å². The summed E-state index contributed by atoms with van der Waals surface area (Å²) >= 11 is 0. The van der Waals surface area contributed by atoms with Gasteiger partial charge in [0.05, 0.1) is 5.92 Å². The minimum atomic E-state index is 0.0638. The Morgan fingerprint density at radius 1 is 1.26 bits per heavy atom. The maximum Gasteiger partial charge on any atom is 0.233 e. The van der Waals surface area contributed by atoms with Gasteiger partial charge >= 0.3 is 0 Å². The standard InChI is InChI=1S/C19H30N4O4/c1-13(2)10-17(24)23-11-15(12-23)18-20-16(21-27-18)4-7-22(3)19(25)14-5-8-26-9-6-14/h13-15H,4-12H2,1-3H3. The van der Waals surface area contributed by atoms with E-state index in [-0.39, 0.29) is 23.7 Å². The Kier molecular flexibility index (Phi) is 6.46. The summed E-state index contributed by atoms with van der Waals surface area (Å²) in [6, 6.07) is 0. The minimum Gasteiger partial charge on any atom is -0.381 e. The fourth-order valence-corrected chi connectivity index (χ4v) is 3.49. The van der Waals surface area contributed by atoms with Crippen LogP contribution in [-0.2, 0) is 20.7 Å². The molecule has 3 rings (SSSR count). The summed E-state index contributed by atoms with van der Waals surface area (Å²) in [5.74, 6) is 2.13. The van der Waals surface area contributed by atoms with Crippen LogP contribution >= 0.6 is 0 Å². The number of carbonyl (C=O) groups is 2. The van der Waals surface area contributed by atoms with Gasteiger partial charge < -0.3 is 19.1 Å². The molecule has 27 heavy (non-hydrogen) atoms. The molecule has 2 aliphatic heterocycles. The highest BCUT2D eigenvalue weighted by atomic mass is 16.5. The predicted molar refractivity (Wildman–Crippen MR) is 98.0 cm³/mol. The predicted octanol–water partition coefficient (Wildman–Crippen LogP) is 1.47. The summed E-state index contributed by atoms with van der Waals surface area (Å²) in [5.41, 5.74) is 0. The highest BCUT2D eigenvalue weighted by Crippen LogP contribution is 2.27. The number of nitrogens with zero attached hydrogens (tertiary/aromatic N) is 4. The monoisotopic (exact) mass is 378 g/mol. The molecule has 8 nitrogen and oxygen atoms in total. The second kappa shape index (κ2) is 8.82. The van der Waals surface area contributed by atoms with Gasteiger partial charge in [0.15, 0.2) is 5.82 Å². The fourth-order valence-electron chi connectivity index (χ4n) is 3.49. The van der Waals surface area contributed by atoms with Crippen molar-refractivity contribution in [2.45, 2.75) is 45.4 Å². The first-order chi connectivity index (χ1) is 12.9. The largest absolute Gasteiger partial charge is 0.381 e. The molecule has 0 N–H and O–H groups in total. The van der Waals surface area contributed by atoms with Gasteiger partial charge in [0, 0.05) is 58.7 Å². The number of aromatic nitrogens is 2. The Morgan fingerprint density at radius 3 is 2.63 bits per heavy atom. The van der Waals surface area contributed by atoms with E-state index < -0.39 is 0 Å². The van der Waals surface area contributed by atoms with Gasteiger partial charge in [-0.05, 0) is 18.8 Å². The lowest BCUT2D eigenvalue weighted by Crippen LogP contribution is -2.48. The van der Waals surface area contributed by atoms with Gasteiger partial charge in [-0.25, -0.2) is 0 Å². The van der Waals surface area contributed by atoms with E-state index in [0.717, 1.165) is 12.8 Å². The van der Waals surface area contributed by atoms with Gasteiger partial charge in [-0.15, -0.1) is 0 Å². The summed E-state index contributed by atoms with van der Waals surface area (Å²) in [4.78, 5) is 32.5. The summed E-state index contributed by atoms with van der Waals surface area (Å²) in [6.07, 6.45) is 2.74. The van der Waals surface area contributed by atoms with E-state index in [1.807, 2.05) is 25.8 Å². The Bertz CT molecular complexity index is 648. The van der Waals surface area contributed by atoms with Crippen molar-refractivity contribution in [3.8, 4) is 0 Å². The first-order valence-corrected chi connectivity index (χ1v) is 9.87. The van der Waals surface area contributed by atoms with Crippen LogP contribution in [0.25, 0.3) is 0 Å². The molecule has 1 aromatic rings. The van der Waals surface area contributed by atoms with E-state index in [9.17, 15) is 9.59 Å². The van der Waals surface area contributed by atoms with E-state index in [1.54, 1.807) is 4.90 Å². The number of amides is 2. The molecule has 0 aliphatic carbocycles. The molecule has 2 aliphatic rings. The lowest BCUT2D eigenvalue weighted by molar-refractivity contribution is -0.137. The van der Waals surface area contributed by atoms with Crippen LogP contribution in [0.2, 0.25) is 0 Å². The molecule has 2 amide bonds. The summed E-state index contributed by atoms with van der Waals surface area (Å²) in [5, 5.41) is 4.03. The topological polar surface area (TPSA) is 88.8 Å². The summed E-state index contributed by atoms with van der Waals surface area (Å²) in [6.45, 7) is 7.28. The lowest BCUT2D eigenvalue weighted by Gasteiger charge is -2.37. The molecule has 0 aromatic carbocycles. The van der Waals surface area contributed by atoms with Crippen molar-refractivity contribution in [3.63, 3.8) is 0 Å². The fraction of sp³-hybridized carbons (Fsp3) is 0.789. The number of rotatable bonds is 7. The second-order valence-electron chi connectivity index (χ2n) is 8.04. The molecule has 0 saturated carbocycles. The maximum atomic E-state index is 12.4. The van der Waals surface area contributed by atoms with E-state index in [0.29, 0.717) is 63.3 Å². The normalized spacial score (nSPS) is 18.6. The summed E-state index contributed by atoms with van der Waals surface area (Å²) in [7, 11) is 1.82. The first kappa shape index (κ1) is 19.8. The van der Waals surface area contributed by atoms with Crippen LogP contribution in [0.15, 0.2) is 4.52 Å². The molecule has 150 valence electrons. The van der Waals surface area contributed by atoms with Crippen molar-refractivity contribution in [2.75, 3.05) is 39.9 Å². The molecular weight excluding hydrogens is 348 g/mol. The van der Waals surface area contributed by atoms with Gasteiger partial charge in [-0.3, -0.25) is 9.59 Å². The van der Waals surface area contributed by atoms with E-state index in [2.05, 4.69) is 10.1 Å². The molecule has 0 bridgehead atoms. The van der Waals surface area contributed by atoms with Crippen LogP contribution in [0.3, 0.4) is 0 Å². The zero-order valence-electron chi connectivity index (χ0n) is 16.5. The zero-order chi connectivity index (χ0) is 19.4. The van der Waals surface area contributed by atoms with Crippen molar-refractivity contribution in [1.29, 1.82) is 0 Å². The number of carbonyl (C=O) groups excluding carboxylic acids is 2. The van der Waals surface area contributed by atoms with Crippen molar-refractivity contribution in [2.24, 2.45) is 11.8 Å². The Labute approximate surface area is 160 Å². The van der Waals surface area contributed by atoms with Crippen LogP contribution in [-0.4, -0.2) is 71.7 Å². The number of hydrogen-bond donors (Lipinski definition) is 0. The van der Waals surface area contributed by atoms with Gasteiger partial charge in [-0.1, -0.05) is 19.0 Å². The molecule has 8 heteroatoms. The molecule has 2 saturated heterocycles. The smallest absolute Gasteiger partial charge is 0.233 e. The number of likely N-dealkylation sites (N-methyl/N-ethyl adjacent to an activating group) is 1. The molecule has 0 atom stereocenters. The first-order valence-electron chi connectivity index (χ1n) is 9.87. The number of likely N-dealkylation sites (tertiary alicyclic amines) is 1. The molecule has 0 spiro atoms. The van der Waals surface area contributed by atoms with Crippen LogP contribution in [0.1, 0.15) is 50.7 Å². The average molecular weight is 378 g/mol. The van der Waals surface area contributed by atoms with Crippen LogP contribution in [0, 0.1) is 11.8 Å². The molecule has 2 fully saturated rings. The molecule has 3 heterocycles. The Balaban J connectivity index is 1.42. The highest BCUT2D eigenvalue weighted by molar-refractivity contribution is 5.78. The third-order valence-electron chi connectivity index (χ3n) is 5.27. The minimum absolute atomic E-state index is 0.0638. The van der Waals surface area contributed by atoms with Crippen molar-refractivity contribution in [3.05, 3.63) is 11.7 Å². The number of ether oxygens (including phenoxy) is 1. The van der Waals surface area contributed by atoms with Crippen LogP contribution in [0.5, 0.6) is 0 Å². The zero-order valence-corrected chi connectivity index (χ0v) is 16.5. The highest BCUT2D eigenvalue weighted by Gasteiger charge is 2.35. The summed E-state index contributed by atoms with van der Waals surface area (Å²) < 4.78 is 10.7.